The zero-order chi connectivity index (χ0) is 104. The second kappa shape index (κ2) is 71.8. The van der Waals surface area contributed by atoms with Crippen LogP contribution in [0.3, 0.4) is 0 Å². The van der Waals surface area contributed by atoms with E-state index < -0.39 is 67.6 Å². The minimum Gasteiger partial charge on any atom is -0.755 e. The van der Waals surface area contributed by atoms with Crippen LogP contribution in [0, 0.1) is 0 Å². The molecular formula is C100H118Cl2N10O24S9-6. The van der Waals surface area contributed by atoms with Gasteiger partial charge in [-0.3, -0.25) is 39.6 Å². The third kappa shape index (κ3) is 44.7. The minimum absolute atomic E-state index is 0. The maximum absolute atomic E-state index is 11.2. The highest BCUT2D eigenvalue weighted by Crippen LogP contribution is 2.46. The summed E-state index contributed by atoms with van der Waals surface area (Å²) in [6.07, 6.45) is 16.1. The van der Waals surface area contributed by atoms with Gasteiger partial charge in [-0.2, -0.15) is 0 Å². The summed E-state index contributed by atoms with van der Waals surface area (Å²) in [5, 5.41) is 11.6. The molecule has 786 valence electrons. The molecule has 4 heterocycles. The van der Waals surface area contributed by atoms with Crippen LogP contribution in [0.15, 0.2) is 240 Å². The molecule has 34 nitrogen and oxygen atoms in total. The predicted octanol–water partition coefficient (Wildman–Crippen LogP) is 21.3. The van der Waals surface area contributed by atoms with Gasteiger partial charge in [0.2, 0.25) is 0 Å². The molecule has 0 saturated carbocycles. The lowest BCUT2D eigenvalue weighted by Gasteiger charge is -2.25. The van der Waals surface area contributed by atoms with E-state index in [4.69, 9.17) is 87.6 Å². The number of furan rings is 2. The lowest BCUT2D eigenvalue weighted by molar-refractivity contribution is 0.111. The molecule has 0 bridgehead atoms. The van der Waals surface area contributed by atoms with Gasteiger partial charge < -0.3 is 120 Å². The van der Waals surface area contributed by atoms with E-state index in [1.165, 1.54) is 34.3 Å². The van der Waals surface area contributed by atoms with E-state index in [0.29, 0.717) is 146 Å². The van der Waals surface area contributed by atoms with E-state index >= 15 is 0 Å². The molecule has 2 aromatic heterocycles. The van der Waals surface area contributed by atoms with Crippen molar-refractivity contribution in [2.45, 2.75) is 132 Å². The summed E-state index contributed by atoms with van der Waals surface area (Å²) in [4.78, 5) is 37.8. The molecule has 145 heavy (non-hydrogen) atoms. The van der Waals surface area contributed by atoms with Crippen molar-refractivity contribution in [3.05, 3.63) is 297 Å². The minimum atomic E-state index is -2.53. The number of unbranched alkanes of at least 4 members (excludes halogenated alkanes) is 2. The third-order valence-electron chi connectivity index (χ3n) is 19.7. The van der Waals surface area contributed by atoms with E-state index in [9.17, 15) is 67.0 Å². The summed E-state index contributed by atoms with van der Waals surface area (Å²) in [7, 11) is 0. The summed E-state index contributed by atoms with van der Waals surface area (Å²) in [6, 6.07) is 63.8. The monoisotopic (exact) mass is 2200 g/mol. The fourth-order valence-electron chi connectivity index (χ4n) is 13.5. The number of anilines is 10. The highest BCUT2D eigenvalue weighted by Gasteiger charge is 2.25. The molecule has 2 aliphatic rings. The maximum atomic E-state index is 11.2. The maximum Gasteiger partial charge on any atom is 0.174 e. The van der Waals surface area contributed by atoms with Gasteiger partial charge in [-0.15, -0.1) is 0 Å². The number of carbonyl (C=O) groups is 3. The van der Waals surface area contributed by atoms with Crippen molar-refractivity contribution >= 4 is 219 Å². The van der Waals surface area contributed by atoms with Crippen LogP contribution in [0.25, 0.3) is 0 Å². The lowest BCUT2D eigenvalue weighted by atomic mass is 10.0. The van der Waals surface area contributed by atoms with Crippen LogP contribution in [0.1, 0.15) is 177 Å². The van der Waals surface area contributed by atoms with E-state index in [0.717, 1.165) is 136 Å². The van der Waals surface area contributed by atoms with E-state index in [1.54, 1.807) is 97.5 Å². The first-order valence-electron chi connectivity index (χ1n) is 45.0. The fraction of sp³-hybridized carbons (Fsp3) is 0.260. The average molecular weight is 2200 g/mol. The topological polar surface area (TPSA) is 552 Å². The van der Waals surface area contributed by atoms with E-state index in [-0.39, 0.29) is 38.5 Å². The van der Waals surface area contributed by atoms with Gasteiger partial charge in [-0.05, 0) is 225 Å². The molecule has 14 rings (SSSR count). The first-order chi connectivity index (χ1) is 68.8. The highest BCUT2D eigenvalue weighted by atomic mass is 35.5. The van der Waals surface area contributed by atoms with Crippen LogP contribution >= 0.6 is 59.9 Å². The number of hydrogen-bond acceptors (Lipinski definition) is 28. The number of nitrogens with one attached hydrogen (secondary N) is 8. The van der Waals surface area contributed by atoms with E-state index in [2.05, 4.69) is 62.6 Å². The zero-order valence-corrected chi connectivity index (χ0v) is 89.4. The molecule has 45 heteroatoms. The zero-order valence-electron chi connectivity index (χ0n) is 80.5. The molecule has 0 spiro atoms. The first-order valence-corrected chi connectivity index (χ1v) is 53.6. The molecule has 0 aliphatic carbocycles. The summed E-state index contributed by atoms with van der Waals surface area (Å²) in [6.45, 7) is 21.1. The summed E-state index contributed by atoms with van der Waals surface area (Å²) in [5.41, 5.74) is 9.57. The Kier molecular flexibility index (Phi) is 63.1. The Hall–Kier alpha value is -11.6. The molecule has 10 aromatic carbocycles. The lowest BCUT2D eigenvalue weighted by Crippen LogP contribution is -2.19. The predicted molar refractivity (Wildman–Crippen MR) is 591 cm³/mol. The number of rotatable bonds is 42. The number of aryl methyl sites for hydroxylation is 4. The molecule has 0 amide bonds. The third-order valence-corrected chi connectivity index (χ3v) is 23.4. The number of para-hydroxylation sites is 4. The molecule has 0 radical (unpaired) electrons. The number of aldehydes is 3. The fourth-order valence-corrected chi connectivity index (χ4v) is 16.6. The highest BCUT2D eigenvalue weighted by molar-refractivity contribution is 7.82. The number of hydrogen-bond donors (Lipinski definition) is 8. The van der Waals surface area contributed by atoms with Crippen LogP contribution < -0.4 is 67.7 Å². The van der Waals surface area contributed by atoms with Crippen LogP contribution in [0.5, 0.6) is 46.0 Å². The second-order valence-corrected chi connectivity index (χ2v) is 34.8. The van der Waals surface area contributed by atoms with Gasteiger partial charge in [0, 0.05) is 153 Å². The Balaban J connectivity index is 0.000000441. The summed E-state index contributed by atoms with van der Waals surface area (Å²) >= 11 is 12.1. The van der Waals surface area contributed by atoms with Crippen molar-refractivity contribution in [3.8, 4) is 46.0 Å². The van der Waals surface area contributed by atoms with Gasteiger partial charge >= 0.3 is 0 Å². The molecule has 6 atom stereocenters. The van der Waals surface area contributed by atoms with Crippen molar-refractivity contribution < 1.29 is 111 Å². The standard InChI is InChI=1S/C17H18N2O4S.C17H20N2O4S.C17H18N2O3S2.C17H20N2O3S2.C13H12ClNO4S.C13H12ClNO3S2.3C2H6.3H2O/c20-12-13-10-15(18-24(21)22)17(23-14-6-2-1-3-7-14)16(11-13)19-8-4-5-9-19;1-2-3-9-18-15-10-13(12-20)11-16(19-24(21)22)17(15)23-14-7-5-4-6-8-14;20-24(21)18-15-10-13(12-23)11-16(19-8-4-5-9-19)17(15)22-14-6-2-1-3-7-14;1-2-3-9-18-15-10-13(12-23)11-16(19-24(20)21)17(15)22-14-7-5-4-6-8-14;14-12-6-9(3-4-11-2-1-5-19-11)10(8-16)7-13(12)15-20(17)18;14-12-6-9(3-4-11-2-1-5-18-11)10(8-19)7-13(12)15-20(16)17;3*1-2;;;/h1-3,6-7,10-12,18H,4-5,8-9H2,(H,21,22);4-8,10-12,18-19H,2-3,9H2,1H3,(H,21,22);1-3,6-7,10-12,18H,4-5,8-9H2,(H,20,21);4-8,10-12,18-19H,2-3,9H2,1H3,(H,20,21);1-2,5-8,15H,3-4H2,(H,17,18);1-2,5-8,15H,3-4H2,(H,16,17);3*1-2H3;3*1H2/p-6. The number of benzene rings is 10. The van der Waals surface area contributed by atoms with Crippen LogP contribution in [-0.4, -0.2) is 143 Å². The smallest absolute Gasteiger partial charge is 0.174 e. The number of thiocarbonyl (C=S) groups is 3. The van der Waals surface area contributed by atoms with Crippen LogP contribution in [0.2, 0.25) is 10.0 Å². The number of halogens is 2. The Morgan fingerprint density at radius 1 is 0.345 bits per heavy atom. The molecule has 2 fully saturated rings. The Morgan fingerprint density at radius 3 is 0.931 bits per heavy atom. The largest absolute Gasteiger partial charge is 0.755 e. The van der Waals surface area contributed by atoms with Gasteiger partial charge in [0.15, 0.2) is 23.0 Å². The molecular weight excluding hydrogens is 2080 g/mol. The van der Waals surface area contributed by atoms with Crippen molar-refractivity contribution in [1.82, 2.24) is 0 Å². The van der Waals surface area contributed by atoms with Crippen LogP contribution in [0.4, 0.5) is 56.9 Å². The average Bonchev–Trinajstić information content (AvgIpc) is 1.79. The number of carbonyl (C=O) groups excluding carboxylic acids is 3. The van der Waals surface area contributed by atoms with Crippen molar-refractivity contribution in [2.75, 3.05) is 88.0 Å². The molecule has 6 unspecified atom stereocenters. The van der Waals surface area contributed by atoms with Crippen molar-refractivity contribution in [2.24, 2.45) is 0 Å². The van der Waals surface area contributed by atoms with E-state index in [1.807, 2.05) is 157 Å². The second-order valence-electron chi connectivity index (χ2n) is 29.3. The Labute approximate surface area is 886 Å². The van der Waals surface area contributed by atoms with Gasteiger partial charge in [0.1, 0.15) is 53.4 Å². The molecule has 12 aromatic rings. The summed E-state index contributed by atoms with van der Waals surface area (Å²) in [5.74, 6) is 5.74. The first kappa shape index (κ1) is 128. The normalized spacial score (nSPS) is 12.3. The van der Waals surface area contributed by atoms with Crippen molar-refractivity contribution in [3.63, 3.8) is 0 Å². The molecule has 14 N–H and O–H groups in total. The van der Waals surface area contributed by atoms with Crippen LogP contribution in [-0.2, 0) is 93.3 Å². The summed E-state index contributed by atoms with van der Waals surface area (Å²) < 4.78 is 180. The quantitative estimate of drug-likeness (QED) is 0.00762. The van der Waals surface area contributed by atoms with Gasteiger partial charge in [0.05, 0.1) is 79.4 Å². The number of ether oxygens (including phenoxy) is 4. The van der Waals surface area contributed by atoms with Crippen molar-refractivity contribution in [1.29, 1.82) is 0 Å². The number of nitrogens with zero attached hydrogens (tertiary/aromatic N) is 2. The Bertz CT molecular complexity index is 5700. The van der Waals surface area contributed by atoms with Gasteiger partial charge in [-0.1, -0.05) is 201 Å². The Morgan fingerprint density at radius 2 is 0.628 bits per heavy atom. The molecule has 2 aliphatic heterocycles. The molecule has 2 saturated heterocycles. The van der Waals surface area contributed by atoms with Gasteiger partial charge in [0.25, 0.3) is 0 Å². The SMILES string of the molecule is CC.CC.CC.CCCCNc1cc(C=O)cc(NS(=O)[O-])c1Oc1ccccc1.CCCCNc1cc(C=S)cc(NS(=O)[O-])c1Oc1ccccc1.O.O.O.O=Cc1cc(NS(=O)[O-])c(Cl)cc1CCc1ccco1.O=Cc1cc(NS(=O)[O-])c(Oc2ccccc2)c(N2CCCC2)c1.O=S([O-])Nc1cc(C=S)c(CCc2ccco2)cc1Cl.O=S([O-])Nc1cc(C=S)cc(N2CCCC2)c1Oc1ccccc1. The van der Waals surface area contributed by atoms with Gasteiger partial charge in [-0.25, -0.2) is 0 Å².